The predicted octanol–water partition coefficient (Wildman–Crippen LogP) is 4.20. The van der Waals surface area contributed by atoms with E-state index in [1.54, 1.807) is 0 Å². The molecule has 2 aromatic rings. The number of hydrogen-bond donors (Lipinski definition) is 0. The van der Waals surface area contributed by atoms with Crippen LogP contribution in [-0.4, -0.2) is 5.25 Å². The Labute approximate surface area is 97.5 Å². The Morgan fingerprint density at radius 2 is 2.20 bits per heavy atom. The van der Waals surface area contributed by atoms with Gasteiger partial charge in [0.2, 0.25) is 0 Å². The minimum absolute atomic E-state index is 0.614. The van der Waals surface area contributed by atoms with Crippen molar-refractivity contribution < 1.29 is 4.42 Å². The quantitative estimate of drug-likeness (QED) is 0.634. The normalized spacial score (nSPS) is 19.4. The highest BCUT2D eigenvalue weighted by molar-refractivity contribution is 8.00. The molecule has 0 saturated carbocycles. The van der Waals surface area contributed by atoms with Crippen LogP contribution in [0.4, 0.5) is 0 Å². The van der Waals surface area contributed by atoms with E-state index < -0.39 is 0 Å². The molecule has 1 atom stereocenters. The standard InChI is InChI=1S/C12H10OS2/c1-7-6-9-11(15-7)8-4-2-3-5-10(8)13-12(9)14/h2-5,7H,6H2,1H3/t7-/m0/s1. The Morgan fingerprint density at radius 3 is 3.07 bits per heavy atom. The highest BCUT2D eigenvalue weighted by atomic mass is 32.2. The average Bonchev–Trinajstić information content (AvgIpc) is 2.61. The van der Waals surface area contributed by atoms with Crippen molar-refractivity contribution in [3.8, 4) is 0 Å². The molecule has 0 radical (unpaired) electrons. The fourth-order valence-electron chi connectivity index (χ4n) is 2.00. The molecule has 3 rings (SSSR count). The van der Waals surface area contributed by atoms with Crippen LogP contribution in [0.15, 0.2) is 33.6 Å². The highest BCUT2D eigenvalue weighted by Crippen LogP contribution is 2.42. The monoisotopic (exact) mass is 234 g/mol. The largest absolute Gasteiger partial charge is 0.445 e. The van der Waals surface area contributed by atoms with E-state index in [-0.39, 0.29) is 0 Å². The van der Waals surface area contributed by atoms with Crippen molar-refractivity contribution in [2.45, 2.75) is 23.5 Å². The van der Waals surface area contributed by atoms with E-state index in [1.165, 1.54) is 15.8 Å². The first-order valence-corrected chi connectivity index (χ1v) is 6.26. The van der Waals surface area contributed by atoms with Gasteiger partial charge >= 0.3 is 0 Å². The number of hydrogen-bond acceptors (Lipinski definition) is 3. The molecule has 0 fully saturated rings. The van der Waals surface area contributed by atoms with Crippen molar-refractivity contribution in [3.05, 3.63) is 34.5 Å². The molecule has 76 valence electrons. The number of fused-ring (bicyclic) bond motifs is 3. The van der Waals surface area contributed by atoms with Gasteiger partial charge in [0.25, 0.3) is 0 Å². The molecule has 0 N–H and O–H groups in total. The molecule has 0 bridgehead atoms. The van der Waals surface area contributed by atoms with E-state index in [4.69, 9.17) is 16.6 Å². The molecule has 1 aromatic carbocycles. The van der Waals surface area contributed by atoms with Gasteiger partial charge in [-0.1, -0.05) is 25.1 Å². The summed E-state index contributed by atoms with van der Waals surface area (Å²) in [5.74, 6) is 0. The van der Waals surface area contributed by atoms with Crippen molar-refractivity contribution in [1.29, 1.82) is 0 Å². The Balaban J connectivity index is 2.43. The summed E-state index contributed by atoms with van der Waals surface area (Å²) in [7, 11) is 0. The number of benzene rings is 1. The molecule has 1 nitrogen and oxygen atoms in total. The maximum absolute atomic E-state index is 5.65. The van der Waals surface area contributed by atoms with Crippen molar-refractivity contribution >= 4 is 34.9 Å². The lowest BCUT2D eigenvalue weighted by Crippen LogP contribution is -1.91. The van der Waals surface area contributed by atoms with Crippen LogP contribution in [-0.2, 0) is 6.42 Å². The molecule has 0 unspecified atom stereocenters. The molecular formula is C12H10OS2. The first-order valence-electron chi connectivity index (χ1n) is 4.97. The van der Waals surface area contributed by atoms with E-state index in [9.17, 15) is 0 Å². The summed E-state index contributed by atoms with van der Waals surface area (Å²) in [6.07, 6.45) is 1.03. The van der Waals surface area contributed by atoms with Crippen LogP contribution >= 0.6 is 24.0 Å². The van der Waals surface area contributed by atoms with E-state index in [1.807, 2.05) is 30.0 Å². The van der Waals surface area contributed by atoms with Crippen molar-refractivity contribution in [1.82, 2.24) is 0 Å². The topological polar surface area (TPSA) is 13.1 Å². The van der Waals surface area contributed by atoms with Gasteiger partial charge in [0.1, 0.15) is 5.58 Å². The fourth-order valence-corrected chi connectivity index (χ4v) is 3.61. The maximum Gasteiger partial charge on any atom is 0.195 e. The molecule has 15 heavy (non-hydrogen) atoms. The molecule has 0 saturated heterocycles. The molecule has 1 aromatic heterocycles. The molecule has 2 heterocycles. The highest BCUT2D eigenvalue weighted by Gasteiger charge is 2.23. The predicted molar refractivity (Wildman–Crippen MR) is 66.1 cm³/mol. The van der Waals surface area contributed by atoms with Crippen LogP contribution in [0.5, 0.6) is 0 Å². The van der Waals surface area contributed by atoms with Crippen molar-refractivity contribution in [2.75, 3.05) is 0 Å². The number of para-hydroxylation sites is 1. The average molecular weight is 234 g/mol. The summed E-state index contributed by atoms with van der Waals surface area (Å²) in [4.78, 5) is 1.33. The lowest BCUT2D eigenvalue weighted by atomic mass is 10.1. The van der Waals surface area contributed by atoms with Crippen LogP contribution in [0.25, 0.3) is 11.0 Å². The Kier molecular flexibility index (Phi) is 2.11. The third-order valence-corrected chi connectivity index (χ3v) is 4.27. The molecule has 0 spiro atoms. The van der Waals surface area contributed by atoms with E-state index in [0.717, 1.165) is 12.0 Å². The second-order valence-electron chi connectivity index (χ2n) is 3.83. The third kappa shape index (κ3) is 1.42. The summed E-state index contributed by atoms with van der Waals surface area (Å²) in [6, 6.07) is 8.12. The van der Waals surface area contributed by atoms with Gasteiger partial charge in [0.15, 0.2) is 4.71 Å². The zero-order valence-corrected chi connectivity index (χ0v) is 9.95. The molecular weight excluding hydrogens is 224 g/mol. The zero-order valence-electron chi connectivity index (χ0n) is 8.32. The van der Waals surface area contributed by atoms with E-state index >= 15 is 0 Å². The minimum Gasteiger partial charge on any atom is -0.445 e. The van der Waals surface area contributed by atoms with Crippen LogP contribution < -0.4 is 0 Å². The van der Waals surface area contributed by atoms with Gasteiger partial charge in [-0.2, -0.15) is 0 Å². The fraction of sp³-hybridized carbons (Fsp3) is 0.250. The van der Waals surface area contributed by atoms with Gasteiger partial charge in [0.05, 0.1) is 0 Å². The summed E-state index contributed by atoms with van der Waals surface area (Å²) < 4.78 is 6.32. The second kappa shape index (κ2) is 3.35. The minimum atomic E-state index is 0.614. The smallest absolute Gasteiger partial charge is 0.195 e. The van der Waals surface area contributed by atoms with E-state index in [2.05, 4.69) is 13.0 Å². The molecule has 0 amide bonds. The first-order chi connectivity index (χ1) is 7.25. The van der Waals surface area contributed by atoms with Gasteiger partial charge in [-0.15, -0.1) is 11.8 Å². The van der Waals surface area contributed by atoms with Gasteiger partial charge in [0, 0.05) is 21.1 Å². The van der Waals surface area contributed by atoms with E-state index in [0.29, 0.717) is 9.96 Å². The number of rotatable bonds is 0. The second-order valence-corrected chi connectivity index (χ2v) is 5.65. The van der Waals surface area contributed by atoms with Crippen molar-refractivity contribution in [2.24, 2.45) is 0 Å². The van der Waals surface area contributed by atoms with Crippen molar-refractivity contribution in [3.63, 3.8) is 0 Å². The van der Waals surface area contributed by atoms with Crippen LogP contribution in [0.2, 0.25) is 0 Å². The first kappa shape index (κ1) is 9.43. The van der Waals surface area contributed by atoms with Crippen LogP contribution in [0.3, 0.4) is 0 Å². The summed E-state index contributed by atoms with van der Waals surface area (Å²) in [6.45, 7) is 2.23. The summed E-state index contributed by atoms with van der Waals surface area (Å²) >= 11 is 7.19. The SMILES string of the molecule is C[C@H]1Cc2c(c3ccccc3oc2=S)S1. The molecule has 1 aliphatic heterocycles. The van der Waals surface area contributed by atoms with Gasteiger partial charge in [-0.25, -0.2) is 0 Å². The molecule has 1 aliphatic rings. The van der Waals surface area contributed by atoms with Gasteiger partial charge in [-0.05, 0) is 24.7 Å². The maximum atomic E-state index is 5.65. The van der Waals surface area contributed by atoms with Crippen LogP contribution in [0, 0.1) is 4.71 Å². The van der Waals surface area contributed by atoms with Gasteiger partial charge in [-0.3, -0.25) is 0 Å². The Bertz CT molecular complexity index is 586. The lowest BCUT2D eigenvalue weighted by Gasteiger charge is -2.03. The van der Waals surface area contributed by atoms with Crippen LogP contribution in [0.1, 0.15) is 12.5 Å². The third-order valence-electron chi connectivity index (χ3n) is 2.67. The molecule has 3 heteroatoms. The summed E-state index contributed by atoms with van der Waals surface area (Å²) in [5.41, 5.74) is 2.13. The molecule has 0 aliphatic carbocycles. The summed E-state index contributed by atoms with van der Waals surface area (Å²) in [5, 5.41) is 1.82. The Morgan fingerprint density at radius 1 is 1.40 bits per heavy atom. The lowest BCUT2D eigenvalue weighted by molar-refractivity contribution is 0.573. The zero-order chi connectivity index (χ0) is 10.4. The number of thioether (sulfide) groups is 1. The Hall–Kier alpha value is -0.800. The van der Waals surface area contributed by atoms with Gasteiger partial charge < -0.3 is 4.42 Å².